The van der Waals surface area contributed by atoms with Crippen molar-refractivity contribution in [3.63, 3.8) is 0 Å². The molecule has 6 nitrogen and oxygen atoms in total. The molecule has 0 aliphatic carbocycles. The van der Waals surface area contributed by atoms with E-state index in [-0.39, 0.29) is 5.91 Å². The molecule has 136 valence electrons. The van der Waals surface area contributed by atoms with Gasteiger partial charge in [-0.3, -0.25) is 4.79 Å². The van der Waals surface area contributed by atoms with Gasteiger partial charge in [0, 0.05) is 17.7 Å². The third-order valence-corrected chi connectivity index (χ3v) is 3.75. The Morgan fingerprint density at radius 1 is 0.963 bits per heavy atom. The van der Waals surface area contributed by atoms with Crippen molar-refractivity contribution < 1.29 is 14.3 Å². The molecule has 0 unspecified atom stereocenters. The molecule has 27 heavy (non-hydrogen) atoms. The first-order valence-electron chi connectivity index (χ1n) is 8.27. The third kappa shape index (κ3) is 4.92. The van der Waals surface area contributed by atoms with Crippen LogP contribution in [0.5, 0.6) is 11.5 Å². The lowest BCUT2D eigenvalue weighted by atomic mass is 10.2. The summed E-state index contributed by atoms with van der Waals surface area (Å²) in [7, 11) is 3.15. The van der Waals surface area contributed by atoms with Crippen molar-refractivity contribution in [1.29, 1.82) is 0 Å². The van der Waals surface area contributed by atoms with Crippen LogP contribution in [0.2, 0.25) is 0 Å². The molecule has 0 radical (unpaired) electrons. The monoisotopic (exact) mass is 361 g/mol. The Bertz CT molecular complexity index is 916. The Morgan fingerprint density at radius 2 is 1.59 bits per heavy atom. The van der Waals surface area contributed by atoms with Gasteiger partial charge in [0.25, 0.3) is 0 Å². The highest BCUT2D eigenvalue weighted by atomic mass is 16.5. The van der Waals surface area contributed by atoms with E-state index >= 15 is 0 Å². The Kier molecular flexibility index (Phi) is 5.79. The highest BCUT2D eigenvalue weighted by molar-refractivity contribution is 6.01. The number of carbonyl (C=O) groups excluding carboxylic acids is 1. The smallest absolute Gasteiger partial charge is 0.248 e. The van der Waals surface area contributed by atoms with E-state index in [1.165, 1.54) is 6.08 Å². The first-order valence-corrected chi connectivity index (χ1v) is 8.27. The van der Waals surface area contributed by atoms with Crippen LogP contribution in [0.1, 0.15) is 5.56 Å². The van der Waals surface area contributed by atoms with Gasteiger partial charge < -0.3 is 14.8 Å². The number of nitrogens with one attached hydrogen (secondary N) is 1. The SMILES string of the molecule is COc1cc(/C=C/C(=O)Nc2cnc(-c3ccccc3)nc2)cc(OC)c1. The van der Waals surface area contributed by atoms with Crippen molar-refractivity contribution in [2.24, 2.45) is 0 Å². The Labute approximate surface area is 157 Å². The zero-order chi connectivity index (χ0) is 19.1. The fourth-order valence-electron chi connectivity index (χ4n) is 2.41. The zero-order valence-electron chi connectivity index (χ0n) is 15.0. The lowest BCUT2D eigenvalue weighted by Gasteiger charge is -2.06. The lowest BCUT2D eigenvalue weighted by molar-refractivity contribution is -0.111. The molecule has 0 atom stereocenters. The summed E-state index contributed by atoms with van der Waals surface area (Å²) < 4.78 is 10.4. The number of methoxy groups -OCH3 is 2. The predicted octanol–water partition coefficient (Wildman–Crippen LogP) is 3.81. The molecule has 3 aromatic rings. The van der Waals surface area contributed by atoms with Gasteiger partial charge in [-0.15, -0.1) is 0 Å². The number of anilines is 1. The highest BCUT2D eigenvalue weighted by Gasteiger charge is 2.04. The van der Waals surface area contributed by atoms with E-state index in [9.17, 15) is 4.79 Å². The normalized spacial score (nSPS) is 10.6. The van der Waals surface area contributed by atoms with Gasteiger partial charge in [-0.05, 0) is 23.8 Å². The second-order valence-corrected chi connectivity index (χ2v) is 5.63. The molecule has 1 N–H and O–H groups in total. The van der Waals surface area contributed by atoms with Crippen LogP contribution in [0.4, 0.5) is 5.69 Å². The Balaban J connectivity index is 1.66. The minimum Gasteiger partial charge on any atom is -0.497 e. The van der Waals surface area contributed by atoms with Gasteiger partial charge in [-0.25, -0.2) is 9.97 Å². The fourth-order valence-corrected chi connectivity index (χ4v) is 2.41. The van der Waals surface area contributed by atoms with Gasteiger partial charge in [-0.1, -0.05) is 30.3 Å². The van der Waals surface area contributed by atoms with Gasteiger partial charge in [0.15, 0.2) is 5.82 Å². The predicted molar refractivity (Wildman–Crippen MR) is 105 cm³/mol. The quantitative estimate of drug-likeness (QED) is 0.676. The summed E-state index contributed by atoms with van der Waals surface area (Å²) in [5.41, 5.74) is 2.23. The van der Waals surface area contributed by atoms with E-state index in [0.29, 0.717) is 23.0 Å². The molecule has 0 fully saturated rings. The molecule has 1 amide bonds. The van der Waals surface area contributed by atoms with Crippen molar-refractivity contribution in [1.82, 2.24) is 9.97 Å². The summed E-state index contributed by atoms with van der Waals surface area (Å²) in [4.78, 5) is 20.7. The molecule has 1 heterocycles. The molecule has 0 bridgehead atoms. The van der Waals surface area contributed by atoms with Crippen LogP contribution in [0.3, 0.4) is 0 Å². The van der Waals surface area contributed by atoms with Gasteiger partial charge in [-0.2, -0.15) is 0 Å². The van der Waals surface area contributed by atoms with Crippen LogP contribution in [0, 0.1) is 0 Å². The van der Waals surface area contributed by atoms with E-state index in [0.717, 1.165) is 11.1 Å². The average Bonchev–Trinajstić information content (AvgIpc) is 2.73. The first kappa shape index (κ1) is 18.1. The Morgan fingerprint density at radius 3 is 2.19 bits per heavy atom. The van der Waals surface area contributed by atoms with Gasteiger partial charge in [0.1, 0.15) is 11.5 Å². The summed E-state index contributed by atoms with van der Waals surface area (Å²) in [6.07, 6.45) is 6.27. The maximum Gasteiger partial charge on any atom is 0.248 e. The molecule has 0 aliphatic rings. The molecule has 0 saturated carbocycles. The molecule has 0 spiro atoms. The van der Waals surface area contributed by atoms with Crippen LogP contribution < -0.4 is 14.8 Å². The van der Waals surface area contributed by atoms with Crippen LogP contribution in [-0.4, -0.2) is 30.1 Å². The highest BCUT2D eigenvalue weighted by Crippen LogP contribution is 2.23. The fraction of sp³-hybridized carbons (Fsp3) is 0.0952. The zero-order valence-corrected chi connectivity index (χ0v) is 15.0. The largest absolute Gasteiger partial charge is 0.497 e. The second-order valence-electron chi connectivity index (χ2n) is 5.63. The second kappa shape index (κ2) is 8.62. The standard InChI is InChI=1S/C21H19N3O3/c1-26-18-10-15(11-19(12-18)27-2)8-9-20(25)24-17-13-22-21(23-14-17)16-6-4-3-5-7-16/h3-14H,1-2H3,(H,24,25)/b9-8+. The molecular weight excluding hydrogens is 342 g/mol. The minimum absolute atomic E-state index is 0.284. The van der Waals surface area contributed by atoms with E-state index in [1.807, 2.05) is 42.5 Å². The maximum absolute atomic E-state index is 12.1. The number of ether oxygens (including phenoxy) is 2. The van der Waals surface area contributed by atoms with Crippen LogP contribution in [0.15, 0.2) is 67.0 Å². The minimum atomic E-state index is -0.284. The molecule has 1 aromatic heterocycles. The van der Waals surface area contributed by atoms with E-state index in [4.69, 9.17) is 9.47 Å². The number of rotatable bonds is 6. The van der Waals surface area contributed by atoms with Gasteiger partial charge in [0.05, 0.1) is 32.3 Å². The summed E-state index contributed by atoms with van der Waals surface area (Å²) in [5.74, 6) is 1.62. The van der Waals surface area contributed by atoms with Crippen molar-refractivity contribution in [2.75, 3.05) is 19.5 Å². The van der Waals surface area contributed by atoms with E-state index in [2.05, 4.69) is 15.3 Å². The van der Waals surface area contributed by atoms with Crippen LogP contribution >= 0.6 is 0 Å². The molecule has 6 heteroatoms. The molecular formula is C21H19N3O3. The van der Waals surface area contributed by atoms with Crippen molar-refractivity contribution >= 4 is 17.7 Å². The summed E-state index contributed by atoms with van der Waals surface area (Å²) in [6, 6.07) is 15.0. The van der Waals surface area contributed by atoms with Crippen LogP contribution in [0.25, 0.3) is 17.5 Å². The number of benzene rings is 2. The van der Waals surface area contributed by atoms with E-state index < -0.39 is 0 Å². The third-order valence-electron chi connectivity index (χ3n) is 3.75. The number of aromatic nitrogens is 2. The number of nitrogens with zero attached hydrogens (tertiary/aromatic N) is 2. The number of hydrogen-bond acceptors (Lipinski definition) is 5. The van der Waals surface area contributed by atoms with Gasteiger partial charge >= 0.3 is 0 Å². The maximum atomic E-state index is 12.1. The van der Waals surface area contributed by atoms with Crippen molar-refractivity contribution in [3.8, 4) is 22.9 Å². The van der Waals surface area contributed by atoms with E-state index in [1.54, 1.807) is 38.8 Å². The van der Waals surface area contributed by atoms with Crippen molar-refractivity contribution in [3.05, 3.63) is 72.6 Å². The number of carbonyl (C=O) groups is 1. The summed E-state index contributed by atoms with van der Waals surface area (Å²) in [5, 5.41) is 2.73. The lowest BCUT2D eigenvalue weighted by Crippen LogP contribution is -2.08. The number of hydrogen-bond donors (Lipinski definition) is 1. The molecule has 0 aliphatic heterocycles. The van der Waals surface area contributed by atoms with Crippen molar-refractivity contribution in [2.45, 2.75) is 0 Å². The number of amides is 1. The summed E-state index contributed by atoms with van der Waals surface area (Å²) >= 11 is 0. The average molecular weight is 361 g/mol. The molecule has 2 aromatic carbocycles. The topological polar surface area (TPSA) is 73.3 Å². The molecule has 3 rings (SSSR count). The van der Waals surface area contributed by atoms with Gasteiger partial charge in [0.2, 0.25) is 5.91 Å². The van der Waals surface area contributed by atoms with Crippen LogP contribution in [-0.2, 0) is 4.79 Å². The molecule has 0 saturated heterocycles. The Hall–Kier alpha value is -3.67. The first-order chi connectivity index (χ1) is 13.2. The summed E-state index contributed by atoms with van der Waals surface area (Å²) in [6.45, 7) is 0.